The van der Waals surface area contributed by atoms with Crippen molar-refractivity contribution in [3.63, 3.8) is 0 Å². The van der Waals surface area contributed by atoms with Crippen molar-refractivity contribution in [1.82, 2.24) is 19.6 Å². The lowest BCUT2D eigenvalue weighted by Crippen LogP contribution is -2.40. The molecule has 4 heterocycles. The van der Waals surface area contributed by atoms with Gasteiger partial charge in [-0.25, -0.2) is 0 Å². The zero-order chi connectivity index (χ0) is 23.5. The molecule has 10 nitrogen and oxygen atoms in total. The second-order valence-electron chi connectivity index (χ2n) is 9.04. The highest BCUT2D eigenvalue weighted by atomic mass is 16.5. The molecule has 0 aromatic heterocycles. The third kappa shape index (κ3) is 13.1. The molecule has 200 valence electrons. The smallest absolute Gasteiger partial charge is 0.0594 e. The second-order valence-corrected chi connectivity index (χ2v) is 9.04. The Bertz CT molecular complexity index is 348. The SMILES string of the molecule is C1CN2CCOCCN3CCOCCN(CCO1)CCOCCN(CCOCC2)CCOCC3. The van der Waals surface area contributed by atoms with Crippen LogP contribution in [0.1, 0.15) is 0 Å². The minimum atomic E-state index is 0.725. The summed E-state index contributed by atoms with van der Waals surface area (Å²) < 4.78 is 35.9. The van der Waals surface area contributed by atoms with E-state index in [-0.39, 0.29) is 0 Å². The minimum Gasteiger partial charge on any atom is -0.379 e. The van der Waals surface area contributed by atoms with E-state index in [0.717, 1.165) is 158 Å². The fourth-order valence-electron chi connectivity index (χ4n) is 4.28. The van der Waals surface area contributed by atoms with Gasteiger partial charge in [0, 0.05) is 78.5 Å². The summed E-state index contributed by atoms with van der Waals surface area (Å²) in [6.45, 7) is 19.5. The molecule has 4 rings (SSSR count). The van der Waals surface area contributed by atoms with E-state index in [1.54, 1.807) is 0 Å². The lowest BCUT2D eigenvalue weighted by molar-refractivity contribution is 0.00554. The van der Waals surface area contributed by atoms with Gasteiger partial charge >= 0.3 is 0 Å². The third-order valence-corrected chi connectivity index (χ3v) is 6.62. The Hall–Kier alpha value is -0.400. The molecule has 0 spiro atoms. The number of hydrogen-bond acceptors (Lipinski definition) is 10. The molecule has 0 radical (unpaired) electrons. The van der Waals surface area contributed by atoms with Crippen molar-refractivity contribution in [2.75, 3.05) is 158 Å². The summed E-state index contributed by atoms with van der Waals surface area (Å²) in [6.07, 6.45) is 0. The normalized spacial score (nSPS) is 33.9. The third-order valence-electron chi connectivity index (χ3n) is 6.62. The van der Waals surface area contributed by atoms with E-state index in [9.17, 15) is 0 Å². The number of fused-ring (bicyclic) bond motifs is 24. The van der Waals surface area contributed by atoms with Gasteiger partial charge in [-0.15, -0.1) is 0 Å². The molecular formula is C24H48N4O6. The minimum absolute atomic E-state index is 0.725. The van der Waals surface area contributed by atoms with Crippen molar-refractivity contribution in [2.45, 2.75) is 0 Å². The summed E-state index contributed by atoms with van der Waals surface area (Å²) in [5.41, 5.74) is 0. The first-order valence-corrected chi connectivity index (χ1v) is 13.3. The summed E-state index contributed by atoms with van der Waals surface area (Å²) in [6, 6.07) is 0. The molecule has 4 bridgehead atoms. The molecule has 0 aromatic carbocycles. The van der Waals surface area contributed by atoms with Crippen molar-refractivity contribution < 1.29 is 28.4 Å². The number of hydrogen-bond donors (Lipinski definition) is 0. The molecule has 10 heteroatoms. The molecule has 0 amide bonds. The van der Waals surface area contributed by atoms with Crippen LogP contribution >= 0.6 is 0 Å². The van der Waals surface area contributed by atoms with Crippen LogP contribution in [0.25, 0.3) is 0 Å². The Kier molecular flexibility index (Phi) is 15.6. The quantitative estimate of drug-likeness (QED) is 0.439. The van der Waals surface area contributed by atoms with Gasteiger partial charge in [0.15, 0.2) is 0 Å². The van der Waals surface area contributed by atoms with Crippen molar-refractivity contribution in [3.05, 3.63) is 0 Å². The summed E-state index contributed by atoms with van der Waals surface area (Å²) >= 11 is 0. The van der Waals surface area contributed by atoms with Gasteiger partial charge in [-0.05, 0) is 0 Å². The summed E-state index contributed by atoms with van der Waals surface area (Å²) in [7, 11) is 0. The van der Waals surface area contributed by atoms with Crippen LogP contribution in [0.3, 0.4) is 0 Å². The van der Waals surface area contributed by atoms with Gasteiger partial charge in [0.1, 0.15) is 0 Å². The van der Waals surface area contributed by atoms with Crippen molar-refractivity contribution in [2.24, 2.45) is 0 Å². The zero-order valence-corrected chi connectivity index (χ0v) is 21.2. The molecule has 4 aliphatic heterocycles. The standard InChI is InChI=1S/C24H48N4O6/c1-13-29-16-4-26-7-19-32-21-9-27-5-17-30-14-2-25(1)3-15-31-18-6-28(10-22-33-20-8-26)12-24-34-23-11-27/h1-24H2. The highest BCUT2D eigenvalue weighted by Crippen LogP contribution is 1.99. The fourth-order valence-corrected chi connectivity index (χ4v) is 4.28. The molecule has 4 fully saturated rings. The van der Waals surface area contributed by atoms with E-state index >= 15 is 0 Å². The van der Waals surface area contributed by atoms with Crippen LogP contribution in [0.5, 0.6) is 0 Å². The maximum Gasteiger partial charge on any atom is 0.0594 e. The van der Waals surface area contributed by atoms with E-state index in [1.165, 1.54) is 0 Å². The van der Waals surface area contributed by atoms with Gasteiger partial charge in [-0.2, -0.15) is 0 Å². The number of nitrogens with zero attached hydrogens (tertiary/aromatic N) is 4. The Morgan fingerprint density at radius 2 is 0.324 bits per heavy atom. The molecule has 0 aliphatic carbocycles. The van der Waals surface area contributed by atoms with Gasteiger partial charge in [-0.3, -0.25) is 19.6 Å². The van der Waals surface area contributed by atoms with Crippen molar-refractivity contribution in [3.8, 4) is 0 Å². The molecule has 4 aliphatic rings. The Morgan fingerprint density at radius 1 is 0.206 bits per heavy atom. The second kappa shape index (κ2) is 18.8. The largest absolute Gasteiger partial charge is 0.379 e. The van der Waals surface area contributed by atoms with Crippen LogP contribution in [0.15, 0.2) is 0 Å². The molecule has 0 N–H and O–H groups in total. The van der Waals surface area contributed by atoms with Crippen LogP contribution in [-0.2, 0) is 28.4 Å². The van der Waals surface area contributed by atoms with E-state index in [4.69, 9.17) is 28.4 Å². The maximum atomic E-state index is 5.99. The van der Waals surface area contributed by atoms with Gasteiger partial charge < -0.3 is 28.4 Å². The van der Waals surface area contributed by atoms with Gasteiger partial charge in [0.2, 0.25) is 0 Å². The van der Waals surface area contributed by atoms with Gasteiger partial charge in [-0.1, -0.05) is 0 Å². The zero-order valence-electron chi connectivity index (χ0n) is 21.2. The molecule has 0 saturated carbocycles. The Balaban J connectivity index is 1.68. The van der Waals surface area contributed by atoms with E-state index < -0.39 is 0 Å². The topological polar surface area (TPSA) is 68.3 Å². The molecule has 0 atom stereocenters. The van der Waals surface area contributed by atoms with Crippen LogP contribution in [0.2, 0.25) is 0 Å². The van der Waals surface area contributed by atoms with Crippen LogP contribution < -0.4 is 0 Å². The van der Waals surface area contributed by atoms with Crippen LogP contribution in [-0.4, -0.2) is 177 Å². The predicted octanol–water partition coefficient (Wildman–Crippen LogP) is -0.665. The van der Waals surface area contributed by atoms with Crippen LogP contribution in [0, 0.1) is 0 Å². The van der Waals surface area contributed by atoms with Crippen molar-refractivity contribution >= 4 is 0 Å². The van der Waals surface area contributed by atoms with E-state index in [0.29, 0.717) is 0 Å². The first-order valence-electron chi connectivity index (χ1n) is 13.3. The molecule has 0 unspecified atom stereocenters. The molecule has 34 heavy (non-hydrogen) atoms. The van der Waals surface area contributed by atoms with Gasteiger partial charge in [0.05, 0.1) is 79.3 Å². The predicted molar refractivity (Wildman–Crippen MR) is 131 cm³/mol. The fraction of sp³-hybridized carbons (Fsp3) is 1.00. The van der Waals surface area contributed by atoms with Gasteiger partial charge in [0.25, 0.3) is 0 Å². The first-order chi connectivity index (χ1) is 16.9. The molecule has 0 aromatic rings. The van der Waals surface area contributed by atoms with E-state index in [1.807, 2.05) is 0 Å². The average Bonchev–Trinajstić information content (AvgIpc) is 2.83. The van der Waals surface area contributed by atoms with Crippen molar-refractivity contribution in [1.29, 1.82) is 0 Å². The monoisotopic (exact) mass is 488 g/mol. The Morgan fingerprint density at radius 3 is 0.441 bits per heavy atom. The summed E-state index contributed by atoms with van der Waals surface area (Å²) in [4.78, 5) is 9.60. The Labute approximate surface area is 206 Å². The average molecular weight is 489 g/mol. The summed E-state index contributed by atoms with van der Waals surface area (Å²) in [5, 5.41) is 0. The number of ether oxygens (including phenoxy) is 6. The highest BCUT2D eigenvalue weighted by Gasteiger charge is 2.12. The van der Waals surface area contributed by atoms with Crippen LogP contribution in [0.4, 0.5) is 0 Å². The maximum absolute atomic E-state index is 5.99. The molecular weight excluding hydrogens is 440 g/mol. The highest BCUT2D eigenvalue weighted by molar-refractivity contribution is 4.64. The summed E-state index contributed by atoms with van der Waals surface area (Å²) in [5.74, 6) is 0. The first kappa shape index (κ1) is 28.2. The van der Waals surface area contributed by atoms with E-state index in [2.05, 4.69) is 19.6 Å². The lowest BCUT2D eigenvalue weighted by Gasteiger charge is -2.27. The lowest BCUT2D eigenvalue weighted by atomic mass is 10.4. The molecule has 4 saturated heterocycles. The number of rotatable bonds is 0.